The zero-order valence-corrected chi connectivity index (χ0v) is 18.0. The second-order valence-electron chi connectivity index (χ2n) is 7.14. The molecule has 1 aromatic heterocycles. The first kappa shape index (κ1) is 25.0. The lowest BCUT2D eigenvalue weighted by Crippen LogP contribution is -2.21. The Morgan fingerprint density at radius 1 is 1.09 bits per heavy atom. The van der Waals surface area contributed by atoms with Gasteiger partial charge in [-0.2, -0.15) is 18.1 Å². The third kappa shape index (κ3) is 5.64. The van der Waals surface area contributed by atoms with E-state index in [-0.39, 0.29) is 35.3 Å². The van der Waals surface area contributed by atoms with Gasteiger partial charge in [-0.15, -0.1) is 0 Å². The molecule has 0 fully saturated rings. The van der Waals surface area contributed by atoms with E-state index in [1.54, 1.807) is 6.92 Å². The fourth-order valence-corrected chi connectivity index (χ4v) is 3.29. The zero-order chi connectivity index (χ0) is 24.9. The first-order chi connectivity index (χ1) is 16.2. The lowest BCUT2D eigenvalue weighted by atomic mass is 10.2. The SMILES string of the molecule is CCc1c(NC(=O)Nc2ccc(C(F)(F)F)cc2)c2cc(F)ccc2n1C(=O)OOCCCN. The number of urea groups is 1. The number of aromatic nitrogens is 1. The van der Waals surface area contributed by atoms with E-state index < -0.39 is 29.7 Å². The minimum atomic E-state index is -4.51. The van der Waals surface area contributed by atoms with Gasteiger partial charge >= 0.3 is 18.3 Å². The van der Waals surface area contributed by atoms with Crippen molar-refractivity contribution in [2.75, 3.05) is 23.8 Å². The number of halogens is 4. The topological polar surface area (TPSA) is 108 Å². The number of anilines is 2. The summed E-state index contributed by atoms with van der Waals surface area (Å²) in [6, 6.07) is 6.69. The number of hydrogen-bond donors (Lipinski definition) is 3. The molecule has 0 spiro atoms. The van der Waals surface area contributed by atoms with Crippen molar-refractivity contribution in [3.8, 4) is 0 Å². The summed E-state index contributed by atoms with van der Waals surface area (Å²) in [5, 5.41) is 5.19. The Hall–Kier alpha value is -3.64. The number of rotatable bonds is 7. The van der Waals surface area contributed by atoms with Crippen molar-refractivity contribution in [1.29, 1.82) is 0 Å². The first-order valence-electron chi connectivity index (χ1n) is 10.3. The highest BCUT2D eigenvalue weighted by atomic mass is 19.4. The van der Waals surface area contributed by atoms with E-state index in [1.165, 1.54) is 6.07 Å². The number of hydrogen-bond acceptors (Lipinski definition) is 5. The van der Waals surface area contributed by atoms with Crippen molar-refractivity contribution in [3.05, 3.63) is 59.5 Å². The van der Waals surface area contributed by atoms with Crippen LogP contribution in [0.3, 0.4) is 0 Å². The number of fused-ring (bicyclic) bond motifs is 1. The molecule has 0 aliphatic rings. The molecule has 0 aliphatic heterocycles. The van der Waals surface area contributed by atoms with Gasteiger partial charge in [0.1, 0.15) is 5.82 Å². The van der Waals surface area contributed by atoms with Crippen molar-refractivity contribution in [1.82, 2.24) is 4.57 Å². The highest BCUT2D eigenvalue weighted by Crippen LogP contribution is 2.33. The summed E-state index contributed by atoms with van der Waals surface area (Å²) in [7, 11) is 0. The maximum atomic E-state index is 14.0. The van der Waals surface area contributed by atoms with E-state index in [9.17, 15) is 27.2 Å². The monoisotopic (exact) mass is 482 g/mol. The number of nitrogens with one attached hydrogen (secondary N) is 2. The number of amides is 2. The van der Waals surface area contributed by atoms with Crippen LogP contribution >= 0.6 is 0 Å². The molecule has 1 heterocycles. The van der Waals surface area contributed by atoms with Gasteiger partial charge in [0.05, 0.1) is 29.1 Å². The molecule has 0 unspecified atom stereocenters. The zero-order valence-electron chi connectivity index (χ0n) is 18.0. The maximum Gasteiger partial charge on any atom is 0.450 e. The van der Waals surface area contributed by atoms with Crippen molar-refractivity contribution in [3.63, 3.8) is 0 Å². The van der Waals surface area contributed by atoms with Gasteiger partial charge in [0, 0.05) is 11.1 Å². The Kier molecular flexibility index (Phi) is 7.74. The molecule has 12 heteroatoms. The van der Waals surface area contributed by atoms with E-state index >= 15 is 0 Å². The second kappa shape index (κ2) is 10.5. The average Bonchev–Trinajstić information content (AvgIpc) is 3.08. The standard InChI is InChI=1S/C22H22F4N4O4/c1-2-17-19(29-20(31)28-15-7-4-13(5-8-15)22(24,25)26)16-12-14(23)6-9-18(16)30(17)21(32)34-33-11-3-10-27/h4-9,12H,2-3,10-11,27H2,1H3,(H2,28,29,31). The van der Waals surface area contributed by atoms with E-state index in [2.05, 4.69) is 10.6 Å². The van der Waals surface area contributed by atoms with Gasteiger partial charge in [-0.25, -0.2) is 18.5 Å². The molecule has 0 saturated carbocycles. The van der Waals surface area contributed by atoms with Crippen LogP contribution in [-0.2, 0) is 22.4 Å². The minimum Gasteiger partial charge on any atom is -0.330 e. The Bertz CT molecular complexity index is 1180. The summed E-state index contributed by atoms with van der Waals surface area (Å²) in [4.78, 5) is 34.9. The van der Waals surface area contributed by atoms with Gasteiger partial charge in [-0.1, -0.05) is 6.92 Å². The normalized spacial score (nSPS) is 11.5. The smallest absolute Gasteiger partial charge is 0.330 e. The molecular formula is C22H22F4N4O4. The molecule has 2 amide bonds. The molecule has 2 aromatic carbocycles. The molecule has 0 atom stereocenters. The second-order valence-corrected chi connectivity index (χ2v) is 7.14. The van der Waals surface area contributed by atoms with E-state index in [1.807, 2.05) is 0 Å². The van der Waals surface area contributed by atoms with Crippen molar-refractivity contribution >= 4 is 34.4 Å². The summed E-state index contributed by atoms with van der Waals surface area (Å²) in [5.41, 5.74) is 5.30. The van der Waals surface area contributed by atoms with Crippen LogP contribution in [0.4, 0.5) is 38.5 Å². The van der Waals surface area contributed by atoms with Crippen LogP contribution in [0.15, 0.2) is 42.5 Å². The molecule has 182 valence electrons. The summed E-state index contributed by atoms with van der Waals surface area (Å²) in [6.07, 6.45) is -4.71. The fraction of sp³-hybridized carbons (Fsp3) is 0.273. The van der Waals surface area contributed by atoms with E-state index in [0.29, 0.717) is 18.7 Å². The van der Waals surface area contributed by atoms with Crippen LogP contribution in [0.1, 0.15) is 24.6 Å². The van der Waals surface area contributed by atoms with E-state index in [0.717, 1.165) is 41.0 Å². The number of benzene rings is 2. The molecule has 3 aromatic rings. The Morgan fingerprint density at radius 2 is 1.79 bits per heavy atom. The Labute approximate surface area is 191 Å². The van der Waals surface area contributed by atoms with Gasteiger partial charge < -0.3 is 16.4 Å². The largest absolute Gasteiger partial charge is 0.450 e. The molecule has 3 rings (SSSR count). The lowest BCUT2D eigenvalue weighted by Gasteiger charge is -2.11. The number of nitrogens with two attached hydrogens (primary N) is 1. The van der Waals surface area contributed by atoms with Gasteiger partial charge in [-0.05, 0) is 61.9 Å². The number of alkyl halides is 3. The highest BCUT2D eigenvalue weighted by Gasteiger charge is 2.30. The van der Waals surface area contributed by atoms with Gasteiger partial charge in [0.25, 0.3) is 0 Å². The minimum absolute atomic E-state index is 0.0815. The molecule has 0 aliphatic carbocycles. The molecule has 34 heavy (non-hydrogen) atoms. The maximum absolute atomic E-state index is 14.0. The summed E-state index contributed by atoms with van der Waals surface area (Å²) < 4.78 is 53.3. The van der Waals surface area contributed by atoms with Crippen LogP contribution in [0, 0.1) is 5.82 Å². The third-order valence-corrected chi connectivity index (χ3v) is 4.82. The van der Waals surface area contributed by atoms with Crippen LogP contribution in [0.5, 0.6) is 0 Å². The van der Waals surface area contributed by atoms with Crippen molar-refractivity contribution in [2.45, 2.75) is 25.9 Å². The van der Waals surface area contributed by atoms with Crippen LogP contribution < -0.4 is 16.4 Å². The van der Waals surface area contributed by atoms with Gasteiger partial charge in [-0.3, -0.25) is 4.89 Å². The first-order valence-corrected chi connectivity index (χ1v) is 10.3. The van der Waals surface area contributed by atoms with Crippen LogP contribution in [-0.4, -0.2) is 29.8 Å². The number of nitrogens with zero attached hydrogens (tertiary/aromatic N) is 1. The molecule has 4 N–H and O–H groups in total. The van der Waals surface area contributed by atoms with Crippen LogP contribution in [0.2, 0.25) is 0 Å². The van der Waals surface area contributed by atoms with Crippen molar-refractivity contribution < 1.29 is 36.9 Å². The fourth-order valence-electron chi connectivity index (χ4n) is 3.29. The molecule has 0 saturated heterocycles. The Morgan fingerprint density at radius 3 is 2.41 bits per heavy atom. The molecular weight excluding hydrogens is 460 g/mol. The predicted octanol–water partition coefficient (Wildman–Crippen LogP) is 5.27. The molecule has 0 radical (unpaired) electrons. The number of carbonyl (C=O) groups excluding carboxylic acids is 2. The van der Waals surface area contributed by atoms with E-state index in [4.69, 9.17) is 15.5 Å². The molecule has 0 bridgehead atoms. The number of carbonyl (C=O) groups is 2. The van der Waals surface area contributed by atoms with Crippen molar-refractivity contribution in [2.24, 2.45) is 5.73 Å². The quantitative estimate of drug-likeness (QED) is 0.184. The van der Waals surface area contributed by atoms with Gasteiger partial charge in [0.2, 0.25) is 0 Å². The summed E-state index contributed by atoms with van der Waals surface area (Å²) in [6.45, 7) is 2.13. The van der Waals surface area contributed by atoms with Crippen LogP contribution in [0.25, 0.3) is 10.9 Å². The summed E-state index contributed by atoms with van der Waals surface area (Å²) in [5.74, 6) is -0.605. The molecule has 8 nitrogen and oxygen atoms in total. The predicted molar refractivity (Wildman–Crippen MR) is 117 cm³/mol. The Balaban J connectivity index is 1.88. The average molecular weight is 482 g/mol. The lowest BCUT2D eigenvalue weighted by molar-refractivity contribution is -0.238. The van der Waals surface area contributed by atoms with Gasteiger partial charge in [0.15, 0.2) is 0 Å². The highest BCUT2D eigenvalue weighted by molar-refractivity contribution is 6.09. The third-order valence-electron chi connectivity index (χ3n) is 4.82. The summed E-state index contributed by atoms with van der Waals surface area (Å²) >= 11 is 0.